The third-order valence-electron chi connectivity index (χ3n) is 5.35. The first kappa shape index (κ1) is 21.4. The van der Waals surface area contributed by atoms with Crippen molar-refractivity contribution in [2.45, 2.75) is 53.6 Å². The van der Waals surface area contributed by atoms with Crippen molar-refractivity contribution in [3.8, 4) is 0 Å². The van der Waals surface area contributed by atoms with Crippen LogP contribution in [0, 0.1) is 19.3 Å². The van der Waals surface area contributed by atoms with E-state index in [1.165, 1.54) is 11.3 Å². The van der Waals surface area contributed by atoms with Gasteiger partial charge in [-0.05, 0) is 54.5 Å². The maximum Gasteiger partial charge on any atom is 0.224 e. The molecule has 0 bridgehead atoms. The molecule has 0 radical (unpaired) electrons. The van der Waals surface area contributed by atoms with Gasteiger partial charge < -0.3 is 15.0 Å². The van der Waals surface area contributed by atoms with E-state index >= 15 is 0 Å². The third kappa shape index (κ3) is 5.83. The van der Waals surface area contributed by atoms with Gasteiger partial charge in [0, 0.05) is 30.9 Å². The minimum atomic E-state index is -0.0207. The highest BCUT2D eigenvalue weighted by Gasteiger charge is 2.21. The highest BCUT2D eigenvalue weighted by atomic mass is 16.5. The second kappa shape index (κ2) is 9.00. The number of rotatable bonds is 4. The van der Waals surface area contributed by atoms with Crippen LogP contribution >= 0.6 is 0 Å². The number of aryl methyl sites for hydroxylation is 2. The van der Waals surface area contributed by atoms with Gasteiger partial charge >= 0.3 is 0 Å². The van der Waals surface area contributed by atoms with Gasteiger partial charge in [0.15, 0.2) is 0 Å². The molecular formula is C25H34N2O2. The fourth-order valence-electron chi connectivity index (χ4n) is 3.95. The molecule has 1 atom stereocenters. The number of anilines is 2. The molecule has 0 spiro atoms. The Hall–Kier alpha value is -2.33. The highest BCUT2D eigenvalue weighted by Crippen LogP contribution is 2.31. The van der Waals surface area contributed by atoms with Crippen molar-refractivity contribution >= 4 is 17.3 Å². The number of nitrogens with one attached hydrogen (secondary N) is 1. The van der Waals surface area contributed by atoms with E-state index < -0.39 is 0 Å². The Morgan fingerprint density at radius 1 is 1.10 bits per heavy atom. The molecule has 1 fully saturated rings. The van der Waals surface area contributed by atoms with E-state index in [0.717, 1.165) is 36.3 Å². The van der Waals surface area contributed by atoms with E-state index in [1.807, 2.05) is 6.07 Å². The molecule has 2 aromatic carbocycles. The lowest BCUT2D eigenvalue weighted by atomic mass is 9.92. The van der Waals surface area contributed by atoms with E-state index in [2.05, 4.69) is 81.2 Å². The second-order valence-corrected chi connectivity index (χ2v) is 9.29. The molecule has 1 heterocycles. The van der Waals surface area contributed by atoms with Crippen molar-refractivity contribution in [2.75, 3.05) is 29.9 Å². The van der Waals surface area contributed by atoms with E-state index in [9.17, 15) is 4.79 Å². The molecule has 1 aliphatic rings. The van der Waals surface area contributed by atoms with Crippen LogP contribution in [0.4, 0.5) is 11.4 Å². The number of hydrogen-bond donors (Lipinski definition) is 1. The predicted octanol–water partition coefficient (Wildman–Crippen LogP) is 5.65. The van der Waals surface area contributed by atoms with Crippen molar-refractivity contribution in [3.63, 3.8) is 0 Å². The zero-order valence-electron chi connectivity index (χ0n) is 18.4. The van der Waals surface area contributed by atoms with Crippen LogP contribution in [0.2, 0.25) is 0 Å². The van der Waals surface area contributed by atoms with Gasteiger partial charge in [-0.1, -0.05) is 51.1 Å². The topological polar surface area (TPSA) is 41.6 Å². The second-order valence-electron chi connectivity index (χ2n) is 9.29. The molecule has 1 unspecified atom stereocenters. The quantitative estimate of drug-likeness (QED) is 0.729. The first-order valence-corrected chi connectivity index (χ1v) is 10.6. The van der Waals surface area contributed by atoms with Crippen LogP contribution in [0.15, 0.2) is 42.5 Å². The third-order valence-corrected chi connectivity index (χ3v) is 5.35. The van der Waals surface area contributed by atoms with Crippen LogP contribution in [0.1, 0.15) is 56.4 Å². The Morgan fingerprint density at radius 3 is 2.38 bits per heavy atom. The van der Waals surface area contributed by atoms with Crippen molar-refractivity contribution in [1.29, 1.82) is 0 Å². The summed E-state index contributed by atoms with van der Waals surface area (Å²) >= 11 is 0. The Morgan fingerprint density at radius 2 is 1.76 bits per heavy atom. The number of amides is 1. The molecule has 4 nitrogen and oxygen atoms in total. The summed E-state index contributed by atoms with van der Waals surface area (Å²) in [4.78, 5) is 14.8. The van der Waals surface area contributed by atoms with Crippen molar-refractivity contribution in [1.82, 2.24) is 0 Å². The molecule has 1 amide bonds. The largest absolute Gasteiger partial charge is 0.372 e. The van der Waals surface area contributed by atoms with Gasteiger partial charge in [-0.25, -0.2) is 0 Å². The fraction of sp³-hybridized carbons (Fsp3) is 0.480. The SMILES string of the molecule is Cc1cc(N2CCOC(c3ccccc3)CC2)cc(C)c1NC(=O)CC(C)(C)C. The molecule has 1 N–H and O–H groups in total. The maximum absolute atomic E-state index is 12.4. The van der Waals surface area contributed by atoms with Crippen molar-refractivity contribution in [3.05, 3.63) is 59.2 Å². The minimum absolute atomic E-state index is 0.0207. The average molecular weight is 395 g/mol. The standard InChI is InChI=1S/C25H34N2O2/c1-18-15-21(16-19(2)24(18)26-23(28)17-25(3,4)5)27-12-11-22(29-14-13-27)20-9-7-6-8-10-20/h6-10,15-16,22H,11-14,17H2,1-5H3,(H,26,28). The summed E-state index contributed by atoms with van der Waals surface area (Å²) in [6.07, 6.45) is 1.63. The van der Waals surface area contributed by atoms with Gasteiger partial charge in [0.05, 0.1) is 12.7 Å². The molecule has 156 valence electrons. The van der Waals surface area contributed by atoms with E-state index in [0.29, 0.717) is 13.0 Å². The Labute approximate surface area is 175 Å². The molecule has 0 aliphatic carbocycles. The molecule has 4 heteroatoms. The van der Waals surface area contributed by atoms with Gasteiger partial charge in [0.1, 0.15) is 0 Å². The lowest BCUT2D eigenvalue weighted by Gasteiger charge is -2.25. The number of benzene rings is 2. The van der Waals surface area contributed by atoms with Gasteiger partial charge in [-0.3, -0.25) is 4.79 Å². The summed E-state index contributed by atoms with van der Waals surface area (Å²) < 4.78 is 6.13. The van der Waals surface area contributed by atoms with Crippen LogP contribution in [-0.4, -0.2) is 25.6 Å². The number of carbonyl (C=O) groups excluding carboxylic acids is 1. The Bertz CT molecular complexity index is 817. The monoisotopic (exact) mass is 394 g/mol. The lowest BCUT2D eigenvalue weighted by Crippen LogP contribution is -2.26. The first-order chi connectivity index (χ1) is 13.7. The zero-order chi connectivity index (χ0) is 21.0. The van der Waals surface area contributed by atoms with Crippen LogP contribution in [0.25, 0.3) is 0 Å². The summed E-state index contributed by atoms with van der Waals surface area (Å²) in [5, 5.41) is 3.12. The van der Waals surface area contributed by atoms with Crippen LogP contribution in [0.5, 0.6) is 0 Å². The average Bonchev–Trinajstić information content (AvgIpc) is 2.90. The predicted molar refractivity (Wildman–Crippen MR) is 121 cm³/mol. The summed E-state index contributed by atoms with van der Waals surface area (Å²) in [6.45, 7) is 12.9. The van der Waals surface area contributed by atoms with Crippen LogP contribution in [0.3, 0.4) is 0 Å². The van der Waals surface area contributed by atoms with Crippen molar-refractivity contribution in [2.24, 2.45) is 5.41 Å². The number of ether oxygens (including phenoxy) is 1. The minimum Gasteiger partial charge on any atom is -0.372 e. The smallest absolute Gasteiger partial charge is 0.224 e. The Balaban J connectivity index is 1.70. The van der Waals surface area contributed by atoms with Crippen molar-refractivity contribution < 1.29 is 9.53 Å². The molecule has 0 saturated carbocycles. The van der Waals surface area contributed by atoms with Gasteiger partial charge in [-0.2, -0.15) is 0 Å². The van der Waals surface area contributed by atoms with Gasteiger partial charge in [0.25, 0.3) is 0 Å². The zero-order valence-corrected chi connectivity index (χ0v) is 18.4. The molecule has 29 heavy (non-hydrogen) atoms. The molecule has 1 aliphatic heterocycles. The van der Waals surface area contributed by atoms with Crippen LogP contribution < -0.4 is 10.2 Å². The fourth-order valence-corrected chi connectivity index (χ4v) is 3.95. The highest BCUT2D eigenvalue weighted by molar-refractivity contribution is 5.93. The normalized spacial score (nSPS) is 17.7. The molecular weight excluding hydrogens is 360 g/mol. The van der Waals surface area contributed by atoms with E-state index in [4.69, 9.17) is 4.74 Å². The van der Waals surface area contributed by atoms with E-state index in [-0.39, 0.29) is 17.4 Å². The van der Waals surface area contributed by atoms with Gasteiger partial charge in [-0.15, -0.1) is 0 Å². The van der Waals surface area contributed by atoms with Crippen LogP contribution in [-0.2, 0) is 9.53 Å². The molecule has 3 rings (SSSR count). The molecule has 2 aromatic rings. The summed E-state index contributed by atoms with van der Waals surface area (Å²) in [5.74, 6) is 0.0744. The lowest BCUT2D eigenvalue weighted by molar-refractivity contribution is -0.117. The summed E-state index contributed by atoms with van der Waals surface area (Å²) in [7, 11) is 0. The molecule has 0 aromatic heterocycles. The Kier molecular flexibility index (Phi) is 6.63. The summed E-state index contributed by atoms with van der Waals surface area (Å²) in [6, 6.07) is 14.8. The maximum atomic E-state index is 12.4. The van der Waals surface area contributed by atoms with Gasteiger partial charge in [0.2, 0.25) is 5.91 Å². The number of hydrogen-bond acceptors (Lipinski definition) is 3. The molecule has 1 saturated heterocycles. The van der Waals surface area contributed by atoms with E-state index in [1.54, 1.807) is 0 Å². The first-order valence-electron chi connectivity index (χ1n) is 10.6. The number of nitrogens with zero attached hydrogens (tertiary/aromatic N) is 1. The number of carbonyl (C=O) groups is 1. The summed E-state index contributed by atoms with van der Waals surface area (Å²) in [5.41, 5.74) is 5.58.